The van der Waals surface area contributed by atoms with Crippen molar-refractivity contribution in [1.82, 2.24) is 0 Å². The van der Waals surface area contributed by atoms with E-state index in [-0.39, 0.29) is 136 Å². The van der Waals surface area contributed by atoms with E-state index in [9.17, 15) is 0 Å². The SMILES string of the molecule is [CaH2].[Cu].[NaH].[PbH2].[SnH2]. The van der Waals surface area contributed by atoms with Crippen LogP contribution in [0.15, 0.2) is 0 Å². The predicted molar refractivity (Wildman–Crippen MR) is 32.8 cm³/mol. The van der Waals surface area contributed by atoms with Crippen LogP contribution in [0.2, 0.25) is 0 Å². The van der Waals surface area contributed by atoms with Crippen LogP contribution in [0.5, 0.6) is 0 Å². The minimum absolute atomic E-state index is 0. The Morgan fingerprint density at radius 1 is 1.00 bits per heavy atom. The zero-order chi connectivity index (χ0) is 0. The molecule has 0 saturated carbocycles. The molecule has 0 aliphatic heterocycles. The summed E-state index contributed by atoms with van der Waals surface area (Å²) in [7, 11) is 0. The molecule has 0 unspecified atom stereocenters. The summed E-state index contributed by atoms with van der Waals surface area (Å²) in [5.41, 5.74) is 0. The van der Waals surface area contributed by atoms with Crippen molar-refractivity contribution in [2.24, 2.45) is 0 Å². The molecule has 0 spiro atoms. The van der Waals surface area contributed by atoms with Gasteiger partial charge in [0.05, 0.1) is 0 Å². The van der Waals surface area contributed by atoms with Gasteiger partial charge in [-0.15, -0.1) is 0 Å². The van der Waals surface area contributed by atoms with Crippen LogP contribution in [0.4, 0.5) is 0 Å². The van der Waals surface area contributed by atoms with E-state index in [4.69, 9.17) is 0 Å². The summed E-state index contributed by atoms with van der Waals surface area (Å²) in [6.07, 6.45) is 0. The number of hydrogen-bond donors (Lipinski definition) is 0. The average Bonchev–Trinajstić information content (AvgIpc) is 0. The number of hydrogen-bond acceptors (Lipinski definition) is 0. The molecule has 0 N–H and O–H groups in total. The molecule has 0 aromatic heterocycles. The Hall–Kier alpha value is 4.50. The Labute approximate surface area is 132 Å². The molecule has 0 bridgehead atoms. The van der Waals surface area contributed by atoms with Crippen molar-refractivity contribution in [3.05, 3.63) is 0 Å². The molecular weight excluding hydrogens is 453 g/mol. The van der Waals surface area contributed by atoms with E-state index in [1.165, 1.54) is 0 Å². The normalized spacial score (nSPS) is 0. The summed E-state index contributed by atoms with van der Waals surface area (Å²) < 4.78 is 0. The van der Waals surface area contributed by atoms with Gasteiger partial charge in [0.1, 0.15) is 0 Å². The second-order valence-electron chi connectivity index (χ2n) is 0. The minimum atomic E-state index is 0. The fraction of sp³-hybridized carbons (Fsp3) is 0. The van der Waals surface area contributed by atoms with E-state index in [0.29, 0.717) is 0 Å². The van der Waals surface area contributed by atoms with E-state index >= 15 is 0 Å². The summed E-state index contributed by atoms with van der Waals surface area (Å²) in [6, 6.07) is 0. The third-order valence-corrected chi connectivity index (χ3v) is 0. The van der Waals surface area contributed by atoms with Gasteiger partial charge >= 0.3 is 119 Å². The van der Waals surface area contributed by atoms with Gasteiger partial charge in [0, 0.05) is 17.1 Å². The van der Waals surface area contributed by atoms with Crippen LogP contribution in [-0.4, -0.2) is 119 Å². The Bertz CT molecular complexity index is 11.6. The van der Waals surface area contributed by atoms with Crippen LogP contribution in [-0.2, 0) is 17.1 Å². The topological polar surface area (TPSA) is 0 Å². The second-order valence-corrected chi connectivity index (χ2v) is 0. The van der Waals surface area contributed by atoms with Crippen molar-refractivity contribution in [3.8, 4) is 0 Å². The summed E-state index contributed by atoms with van der Waals surface area (Å²) in [5.74, 6) is 0. The third kappa shape index (κ3) is 17.7. The Kier molecular flexibility index (Phi) is 160. The standard InChI is InChI=1S/Ca.Cu.Na.Pb.Sn.7H. The van der Waals surface area contributed by atoms with Crippen molar-refractivity contribution in [2.75, 3.05) is 0 Å². The van der Waals surface area contributed by atoms with Crippen molar-refractivity contribution in [1.29, 1.82) is 0 Å². The maximum atomic E-state index is 0. The molecule has 5 heteroatoms. The molecule has 0 atom stereocenters. The zero-order valence-electron chi connectivity index (χ0n) is 1.72. The maximum absolute atomic E-state index is 0. The molecule has 0 nitrogen and oxygen atoms in total. The monoisotopic (exact) mass is 461 g/mol. The van der Waals surface area contributed by atoms with Gasteiger partial charge in [-0.1, -0.05) is 0 Å². The second kappa shape index (κ2) is 23.6. The van der Waals surface area contributed by atoms with Gasteiger partial charge in [-0.25, -0.2) is 0 Å². The van der Waals surface area contributed by atoms with E-state index in [1.807, 2.05) is 0 Å². The van der Waals surface area contributed by atoms with Gasteiger partial charge in [0.15, 0.2) is 0 Å². The van der Waals surface area contributed by atoms with Crippen molar-refractivity contribution < 1.29 is 17.1 Å². The predicted octanol–water partition coefficient (Wildman–Crippen LogP) is -3.40. The van der Waals surface area contributed by atoms with Crippen LogP contribution in [0, 0.1) is 0 Å². The van der Waals surface area contributed by atoms with E-state index < -0.39 is 0 Å². The van der Waals surface area contributed by atoms with Gasteiger partial charge < -0.3 is 0 Å². The summed E-state index contributed by atoms with van der Waals surface area (Å²) in [6.45, 7) is 0. The van der Waals surface area contributed by atoms with E-state index in [2.05, 4.69) is 0 Å². The Morgan fingerprint density at radius 3 is 1.00 bits per heavy atom. The van der Waals surface area contributed by atoms with Crippen molar-refractivity contribution in [2.45, 2.75) is 0 Å². The fourth-order valence-electron chi connectivity index (χ4n) is 0. The van der Waals surface area contributed by atoms with Crippen LogP contribution >= 0.6 is 0 Å². The molecule has 29 valence electrons. The molecule has 0 rings (SSSR count). The summed E-state index contributed by atoms with van der Waals surface area (Å²) >= 11 is 0. The molecule has 0 saturated heterocycles. The Morgan fingerprint density at radius 2 is 1.00 bits per heavy atom. The molecule has 0 heterocycles. The Balaban J connectivity index is 0. The van der Waals surface area contributed by atoms with Gasteiger partial charge in [-0.2, -0.15) is 0 Å². The van der Waals surface area contributed by atoms with Crippen molar-refractivity contribution in [3.63, 3.8) is 0 Å². The van der Waals surface area contributed by atoms with Crippen LogP contribution in [0.1, 0.15) is 0 Å². The molecular formula is H7CaCuNaPbSn. The quantitative estimate of drug-likeness (QED) is 0.332. The first-order valence-electron chi connectivity index (χ1n) is 0. The first-order chi connectivity index (χ1) is 0. The molecule has 0 amide bonds. The van der Waals surface area contributed by atoms with Crippen molar-refractivity contribution >= 4 is 119 Å². The molecule has 0 fully saturated rings. The molecule has 0 aromatic carbocycles. The molecule has 5 heavy (non-hydrogen) atoms. The van der Waals surface area contributed by atoms with Gasteiger partial charge in [-0.3, -0.25) is 0 Å². The van der Waals surface area contributed by atoms with Crippen LogP contribution in [0.3, 0.4) is 0 Å². The first-order valence-corrected chi connectivity index (χ1v) is 0. The first kappa shape index (κ1) is 33.9. The molecule has 5 radical (unpaired) electrons. The number of rotatable bonds is 0. The van der Waals surface area contributed by atoms with E-state index in [1.54, 1.807) is 0 Å². The molecule has 0 aromatic rings. The third-order valence-electron chi connectivity index (χ3n) is 0. The summed E-state index contributed by atoms with van der Waals surface area (Å²) in [4.78, 5) is 0. The van der Waals surface area contributed by atoms with Gasteiger partial charge in [-0.05, 0) is 0 Å². The summed E-state index contributed by atoms with van der Waals surface area (Å²) in [5, 5.41) is 0. The van der Waals surface area contributed by atoms with Gasteiger partial charge in [0.25, 0.3) is 0 Å². The molecule has 0 aliphatic carbocycles. The zero-order valence-corrected chi connectivity index (χ0v) is 12.2. The van der Waals surface area contributed by atoms with Gasteiger partial charge in [0.2, 0.25) is 0 Å². The van der Waals surface area contributed by atoms with Crippen LogP contribution < -0.4 is 0 Å². The van der Waals surface area contributed by atoms with Crippen LogP contribution in [0.25, 0.3) is 0 Å². The van der Waals surface area contributed by atoms with E-state index in [0.717, 1.165) is 0 Å². The fourth-order valence-corrected chi connectivity index (χ4v) is 0. The molecule has 0 aliphatic rings. The average molecular weight is 460 g/mol.